The molecule has 0 aliphatic carbocycles. The van der Waals surface area contributed by atoms with Crippen molar-refractivity contribution in [3.8, 4) is 5.75 Å². The van der Waals surface area contributed by atoms with Crippen molar-refractivity contribution in [1.82, 2.24) is 9.88 Å². The molecule has 1 aromatic carbocycles. The molecule has 1 aromatic heterocycles. The summed E-state index contributed by atoms with van der Waals surface area (Å²) in [5, 5.41) is 10.6. The Morgan fingerprint density at radius 3 is 3.04 bits per heavy atom. The molecular formula is C18H24N2O3. The van der Waals surface area contributed by atoms with Gasteiger partial charge in [0.25, 0.3) is 5.91 Å². The van der Waals surface area contributed by atoms with E-state index >= 15 is 0 Å². The van der Waals surface area contributed by atoms with Crippen LogP contribution in [-0.4, -0.2) is 46.2 Å². The van der Waals surface area contributed by atoms with Crippen LogP contribution in [0.5, 0.6) is 5.75 Å². The molecule has 1 amide bonds. The van der Waals surface area contributed by atoms with Gasteiger partial charge in [-0.05, 0) is 51.3 Å². The molecule has 0 spiro atoms. The highest BCUT2D eigenvalue weighted by molar-refractivity contribution is 5.98. The number of carbonyl (C=O) groups is 1. The van der Waals surface area contributed by atoms with Gasteiger partial charge in [-0.1, -0.05) is 0 Å². The van der Waals surface area contributed by atoms with Crippen LogP contribution in [0.1, 0.15) is 43.6 Å². The second-order valence-corrected chi connectivity index (χ2v) is 6.24. The van der Waals surface area contributed by atoms with Crippen LogP contribution in [0.2, 0.25) is 0 Å². The number of benzene rings is 1. The van der Waals surface area contributed by atoms with Crippen molar-refractivity contribution < 1.29 is 14.6 Å². The Morgan fingerprint density at radius 2 is 2.30 bits per heavy atom. The predicted molar refractivity (Wildman–Crippen MR) is 89.8 cm³/mol. The molecule has 2 aromatic rings. The zero-order chi connectivity index (χ0) is 16.4. The first-order valence-corrected chi connectivity index (χ1v) is 8.33. The Labute approximate surface area is 136 Å². The molecule has 1 aliphatic rings. The number of rotatable bonds is 5. The lowest BCUT2D eigenvalue weighted by molar-refractivity contribution is 0.0677. The summed E-state index contributed by atoms with van der Waals surface area (Å²) in [5.74, 6) is 0.816. The third-order valence-corrected chi connectivity index (χ3v) is 4.39. The number of likely N-dealkylation sites (tertiary alicyclic amines) is 1. The minimum Gasteiger partial charge on any atom is -0.494 e. The fourth-order valence-corrected chi connectivity index (χ4v) is 3.37. The van der Waals surface area contributed by atoms with Crippen molar-refractivity contribution in [3.05, 3.63) is 30.0 Å². The molecule has 2 unspecified atom stereocenters. The van der Waals surface area contributed by atoms with Crippen molar-refractivity contribution in [2.24, 2.45) is 0 Å². The van der Waals surface area contributed by atoms with Gasteiger partial charge in [-0.3, -0.25) is 4.79 Å². The van der Waals surface area contributed by atoms with E-state index in [0.29, 0.717) is 18.7 Å². The Balaban J connectivity index is 1.82. The van der Waals surface area contributed by atoms with Gasteiger partial charge in [-0.25, -0.2) is 0 Å². The van der Waals surface area contributed by atoms with Crippen LogP contribution in [0.4, 0.5) is 0 Å². The molecule has 5 heteroatoms. The van der Waals surface area contributed by atoms with Crippen LogP contribution >= 0.6 is 0 Å². The molecule has 2 atom stereocenters. The number of aromatic amines is 1. The van der Waals surface area contributed by atoms with E-state index in [1.54, 1.807) is 6.92 Å². The summed E-state index contributed by atoms with van der Waals surface area (Å²) in [5.41, 5.74) is 1.51. The van der Waals surface area contributed by atoms with Crippen molar-refractivity contribution in [2.45, 2.75) is 45.3 Å². The number of nitrogens with one attached hydrogen (secondary N) is 1. The topological polar surface area (TPSA) is 65.6 Å². The lowest BCUT2D eigenvalue weighted by Gasteiger charge is -2.25. The Kier molecular flexibility index (Phi) is 4.57. The third-order valence-electron chi connectivity index (χ3n) is 4.39. The number of fused-ring (bicyclic) bond motifs is 1. The number of aromatic nitrogens is 1. The van der Waals surface area contributed by atoms with Crippen LogP contribution in [0.3, 0.4) is 0 Å². The number of H-pyrrole nitrogens is 1. The number of aliphatic hydroxyl groups is 1. The predicted octanol–water partition coefficient (Wildman–Crippen LogP) is 2.94. The van der Waals surface area contributed by atoms with Gasteiger partial charge < -0.3 is 19.7 Å². The highest BCUT2D eigenvalue weighted by Gasteiger charge is 2.30. The van der Waals surface area contributed by atoms with Gasteiger partial charge in [0.05, 0.1) is 12.7 Å². The normalized spacial score (nSPS) is 19.3. The molecule has 1 aliphatic heterocycles. The van der Waals surface area contributed by atoms with Crippen molar-refractivity contribution >= 4 is 16.8 Å². The number of hydrogen-bond donors (Lipinski definition) is 2. The van der Waals surface area contributed by atoms with Gasteiger partial charge >= 0.3 is 0 Å². The Hall–Kier alpha value is -2.01. The van der Waals surface area contributed by atoms with E-state index in [2.05, 4.69) is 4.98 Å². The number of ether oxygens (including phenoxy) is 1. The summed E-state index contributed by atoms with van der Waals surface area (Å²) < 4.78 is 5.50. The summed E-state index contributed by atoms with van der Waals surface area (Å²) in [6.45, 7) is 5.10. The van der Waals surface area contributed by atoms with Gasteiger partial charge in [0.1, 0.15) is 11.4 Å². The SMILES string of the molecule is CCOc1ccc2cc(C(=O)N3CCCC3CC(C)O)[nH]c2c1. The quantitative estimate of drug-likeness (QED) is 0.891. The molecule has 5 nitrogen and oxygen atoms in total. The minimum absolute atomic E-state index is 0.0160. The molecule has 2 heterocycles. The smallest absolute Gasteiger partial charge is 0.270 e. The van der Waals surface area contributed by atoms with E-state index in [0.717, 1.165) is 36.0 Å². The Bertz CT molecular complexity index is 693. The molecule has 3 rings (SSSR count). The second kappa shape index (κ2) is 6.62. The summed E-state index contributed by atoms with van der Waals surface area (Å²) in [4.78, 5) is 17.9. The summed E-state index contributed by atoms with van der Waals surface area (Å²) in [6.07, 6.45) is 2.22. The highest BCUT2D eigenvalue weighted by atomic mass is 16.5. The van der Waals surface area contributed by atoms with E-state index in [9.17, 15) is 9.90 Å². The number of hydrogen-bond acceptors (Lipinski definition) is 3. The van der Waals surface area contributed by atoms with E-state index in [-0.39, 0.29) is 18.1 Å². The highest BCUT2D eigenvalue weighted by Crippen LogP contribution is 2.26. The summed E-state index contributed by atoms with van der Waals surface area (Å²) >= 11 is 0. The first-order valence-electron chi connectivity index (χ1n) is 8.33. The van der Waals surface area contributed by atoms with Crippen molar-refractivity contribution in [2.75, 3.05) is 13.2 Å². The van der Waals surface area contributed by atoms with Gasteiger partial charge in [-0.2, -0.15) is 0 Å². The van der Waals surface area contributed by atoms with Crippen LogP contribution < -0.4 is 4.74 Å². The maximum absolute atomic E-state index is 12.8. The zero-order valence-electron chi connectivity index (χ0n) is 13.7. The fourth-order valence-electron chi connectivity index (χ4n) is 3.37. The van der Waals surface area contributed by atoms with Gasteiger partial charge in [0, 0.05) is 29.6 Å². The number of amides is 1. The number of nitrogens with zero attached hydrogens (tertiary/aromatic N) is 1. The zero-order valence-corrected chi connectivity index (χ0v) is 13.7. The van der Waals surface area contributed by atoms with Gasteiger partial charge in [-0.15, -0.1) is 0 Å². The van der Waals surface area contributed by atoms with Crippen LogP contribution in [0, 0.1) is 0 Å². The second-order valence-electron chi connectivity index (χ2n) is 6.24. The minimum atomic E-state index is -0.384. The van der Waals surface area contributed by atoms with Gasteiger partial charge in [0.15, 0.2) is 0 Å². The fraction of sp³-hybridized carbons (Fsp3) is 0.500. The number of carbonyl (C=O) groups excluding carboxylic acids is 1. The summed E-state index contributed by atoms with van der Waals surface area (Å²) in [7, 11) is 0. The maximum atomic E-state index is 12.8. The van der Waals surface area contributed by atoms with Crippen molar-refractivity contribution in [1.29, 1.82) is 0 Å². The van der Waals surface area contributed by atoms with E-state index in [1.165, 1.54) is 0 Å². The monoisotopic (exact) mass is 316 g/mol. The lowest BCUT2D eigenvalue weighted by Crippen LogP contribution is -2.37. The molecule has 0 saturated carbocycles. The molecule has 23 heavy (non-hydrogen) atoms. The average Bonchev–Trinajstić information content (AvgIpc) is 3.12. The molecule has 2 N–H and O–H groups in total. The molecule has 0 bridgehead atoms. The molecule has 0 radical (unpaired) electrons. The molecule has 124 valence electrons. The number of aliphatic hydroxyl groups excluding tert-OH is 1. The lowest BCUT2D eigenvalue weighted by atomic mass is 10.1. The standard InChI is InChI=1S/C18H24N2O3/c1-3-23-15-7-6-13-10-17(19-16(13)11-15)18(22)20-8-4-5-14(20)9-12(2)21/h6-7,10-12,14,19,21H,3-5,8-9H2,1-2H3. The first kappa shape index (κ1) is 15.9. The molecular weight excluding hydrogens is 292 g/mol. The Morgan fingerprint density at radius 1 is 1.48 bits per heavy atom. The first-order chi connectivity index (χ1) is 11.1. The summed E-state index contributed by atoms with van der Waals surface area (Å²) in [6, 6.07) is 7.83. The maximum Gasteiger partial charge on any atom is 0.270 e. The van der Waals surface area contributed by atoms with E-state index in [1.807, 2.05) is 36.1 Å². The van der Waals surface area contributed by atoms with E-state index in [4.69, 9.17) is 4.74 Å². The van der Waals surface area contributed by atoms with Gasteiger partial charge in [0.2, 0.25) is 0 Å². The average molecular weight is 316 g/mol. The van der Waals surface area contributed by atoms with Crippen LogP contribution in [0.15, 0.2) is 24.3 Å². The molecule has 1 saturated heterocycles. The van der Waals surface area contributed by atoms with Crippen LogP contribution in [0.25, 0.3) is 10.9 Å². The largest absolute Gasteiger partial charge is 0.494 e. The molecule has 1 fully saturated rings. The van der Waals surface area contributed by atoms with Crippen molar-refractivity contribution in [3.63, 3.8) is 0 Å². The van der Waals surface area contributed by atoms with Crippen LogP contribution in [-0.2, 0) is 0 Å². The van der Waals surface area contributed by atoms with E-state index < -0.39 is 0 Å². The third kappa shape index (κ3) is 3.34.